The molecule has 2 aromatic rings. The number of amides is 11. The van der Waals surface area contributed by atoms with Crippen LogP contribution >= 0.6 is 11.8 Å². The molecule has 0 bridgehead atoms. The number of likely N-dealkylation sites (N-methyl/N-ethyl adjacent to an activating group) is 7. The summed E-state index contributed by atoms with van der Waals surface area (Å²) in [5.41, 5.74) is 1.50. The van der Waals surface area contributed by atoms with E-state index in [1.54, 1.807) is 34.6 Å². The highest BCUT2D eigenvalue weighted by Crippen LogP contribution is 2.40. The zero-order chi connectivity index (χ0) is 74.1. The van der Waals surface area contributed by atoms with Gasteiger partial charge in [-0.1, -0.05) is 145 Å². The SMILES string of the molecule is CC[C@@H]1NC(=O)[C@H]([C@@H]2O[C@@H](Sc3cccc(NCc4ccccc4)c3)C[C@H]2C)N(C)C(=O)[C@H](C(C)C)N(C)C(=O)[C@H](CC(C)C)N(C)C(=O)[C@H](CC(C)C)N(C)C(=O)[C@@H](C)NC(=O)[C@H](C)NC(=O)[C@H](CC(C)C)N(C)C(=O)[C@H](C(C)C)NC(=O)[C@H](CC(C)C)N(C)C(=O)CN(C)C1=O. The van der Waals surface area contributed by atoms with E-state index in [9.17, 15) is 33.6 Å². The smallest absolute Gasteiger partial charge is 0.246 e. The minimum Gasteiger partial charge on any atom is -0.381 e. The predicted octanol–water partition coefficient (Wildman–Crippen LogP) is 6.46. The van der Waals surface area contributed by atoms with Crippen LogP contribution in [0.5, 0.6) is 0 Å². The Bertz CT molecular complexity index is 3060. The molecule has 2 fully saturated rings. The lowest BCUT2D eigenvalue weighted by Crippen LogP contribution is -2.63. The van der Waals surface area contributed by atoms with Gasteiger partial charge in [-0.25, -0.2) is 0 Å². The minimum absolute atomic E-state index is 0.0546. The molecule has 0 radical (unpaired) electrons. The van der Waals surface area contributed by atoms with Crippen molar-refractivity contribution in [3.8, 4) is 0 Å². The molecule has 13 atom stereocenters. The van der Waals surface area contributed by atoms with Crippen LogP contribution < -0.4 is 26.6 Å². The molecule has 24 nitrogen and oxygen atoms in total. The average molecular weight is 1390 g/mol. The summed E-state index contributed by atoms with van der Waals surface area (Å²) in [5.74, 6) is -9.04. The van der Waals surface area contributed by atoms with Crippen molar-refractivity contribution in [2.24, 2.45) is 41.4 Å². The quantitative estimate of drug-likeness (QED) is 0.114. The fraction of sp³-hybridized carbons (Fsp3) is 0.685. The van der Waals surface area contributed by atoms with Crippen LogP contribution in [0.4, 0.5) is 5.69 Å². The number of rotatable bonds is 17. The summed E-state index contributed by atoms with van der Waals surface area (Å²) in [6.07, 6.45) is 0.208. The Morgan fingerprint density at radius 1 is 0.500 bits per heavy atom. The van der Waals surface area contributed by atoms with Crippen molar-refractivity contribution in [2.45, 2.75) is 233 Å². The molecule has 0 unspecified atom stereocenters. The Morgan fingerprint density at radius 2 is 1.00 bits per heavy atom. The van der Waals surface area contributed by atoms with Crippen molar-refractivity contribution < 1.29 is 57.5 Å². The summed E-state index contributed by atoms with van der Waals surface area (Å²) in [7, 11) is 10.2. The maximum Gasteiger partial charge on any atom is 0.246 e. The molecule has 2 aliphatic rings. The van der Waals surface area contributed by atoms with E-state index >= 15 is 19.2 Å². The monoisotopic (exact) mass is 1390 g/mol. The summed E-state index contributed by atoms with van der Waals surface area (Å²) in [4.78, 5) is 173. The number of nitrogens with one attached hydrogen (secondary N) is 5. The van der Waals surface area contributed by atoms with Gasteiger partial charge in [0, 0.05) is 66.5 Å². The van der Waals surface area contributed by atoms with Gasteiger partial charge in [0.05, 0.1) is 12.6 Å². The first kappa shape index (κ1) is 83.1. The largest absolute Gasteiger partial charge is 0.381 e. The molecule has 25 heteroatoms. The van der Waals surface area contributed by atoms with Crippen molar-refractivity contribution >= 4 is 82.4 Å². The molecule has 0 aliphatic carbocycles. The fourth-order valence-electron chi connectivity index (χ4n) is 12.8. The first-order valence-electron chi connectivity index (χ1n) is 35.0. The Balaban J connectivity index is 1.89. The molecule has 548 valence electrons. The second kappa shape index (κ2) is 37.8. The van der Waals surface area contributed by atoms with Crippen LogP contribution in [0.1, 0.15) is 155 Å². The fourth-order valence-corrected chi connectivity index (χ4v) is 14.0. The Labute approximate surface area is 588 Å². The summed E-state index contributed by atoms with van der Waals surface area (Å²) in [5, 5.41) is 14.7. The molecule has 0 spiro atoms. The summed E-state index contributed by atoms with van der Waals surface area (Å²) in [6, 6.07) is 5.86. The van der Waals surface area contributed by atoms with Gasteiger partial charge in [-0.15, -0.1) is 0 Å². The normalized spacial score (nSPS) is 27.1. The Kier molecular flexibility index (Phi) is 32.1. The van der Waals surface area contributed by atoms with Crippen LogP contribution in [0.15, 0.2) is 59.5 Å². The number of thioether (sulfide) groups is 1. The zero-order valence-electron chi connectivity index (χ0n) is 62.8. The molecule has 98 heavy (non-hydrogen) atoms. The Morgan fingerprint density at radius 3 is 1.53 bits per heavy atom. The van der Waals surface area contributed by atoms with Crippen molar-refractivity contribution in [1.29, 1.82) is 0 Å². The number of ether oxygens (including phenoxy) is 1. The highest BCUT2D eigenvalue weighted by Gasteiger charge is 2.49. The van der Waals surface area contributed by atoms with Crippen LogP contribution in [0, 0.1) is 41.4 Å². The van der Waals surface area contributed by atoms with Crippen molar-refractivity contribution in [1.82, 2.24) is 55.6 Å². The van der Waals surface area contributed by atoms with Crippen LogP contribution in [-0.2, 0) is 64.0 Å². The van der Waals surface area contributed by atoms with Crippen LogP contribution in [0.3, 0.4) is 0 Å². The standard InChI is InChI=1S/C73H118N12O12S/c1-24-53-69(92)79(17)40-58(86)80(18)54(33-41(2)3)66(89)78-60(45(10)11)72(95)81(19)55(34-42(4)5)65(88)75-48(15)64(87)76-49(16)68(91)82(20)56(35-43(6)7)70(93)83(21)57(36-44(8)9)71(94)84(22)61(46(12)13)73(96)85(23)62(67(90)77-53)63-47(14)37-59(97-63)98-52-32-28-31-51(38-52)74-39-50-29-26-25-27-30-50/h25-32,38,41-49,53-57,59-63,74H,24,33-37,39-40H2,1-23H3,(H,75,88)(H,76,87)(H,77,90)(H,78,89)/t47-,48+,49-,53+,54+,55+,56+,57+,59+,60+,61+,62+,63-/m1/s1. The molecule has 2 aromatic carbocycles. The van der Waals surface area contributed by atoms with E-state index in [1.807, 2.05) is 117 Å². The van der Waals surface area contributed by atoms with E-state index in [4.69, 9.17) is 4.74 Å². The van der Waals surface area contributed by atoms with E-state index in [1.165, 1.54) is 109 Å². The van der Waals surface area contributed by atoms with E-state index < -0.39 is 155 Å². The van der Waals surface area contributed by atoms with E-state index in [2.05, 4.69) is 26.6 Å². The van der Waals surface area contributed by atoms with Gasteiger partial charge in [0.25, 0.3) is 0 Å². The second-order valence-corrected chi connectivity index (χ2v) is 30.8. The molecule has 2 heterocycles. The summed E-state index contributed by atoms with van der Waals surface area (Å²) < 4.78 is 6.88. The lowest BCUT2D eigenvalue weighted by atomic mass is 9.93. The highest BCUT2D eigenvalue weighted by molar-refractivity contribution is 7.99. The zero-order valence-corrected chi connectivity index (χ0v) is 63.6. The number of carbonyl (C=O) groups is 11. The maximum absolute atomic E-state index is 15.7. The van der Waals surface area contributed by atoms with Gasteiger partial charge in [-0.2, -0.15) is 0 Å². The predicted molar refractivity (Wildman–Crippen MR) is 382 cm³/mol. The van der Waals surface area contributed by atoms with Crippen LogP contribution in [0.2, 0.25) is 0 Å². The first-order chi connectivity index (χ1) is 45.7. The maximum atomic E-state index is 15.7. The second-order valence-electron chi connectivity index (χ2n) is 29.5. The number of anilines is 1. The van der Waals surface area contributed by atoms with Crippen LogP contribution in [0.25, 0.3) is 0 Å². The lowest BCUT2D eigenvalue weighted by Gasteiger charge is -2.41. The van der Waals surface area contributed by atoms with Gasteiger partial charge in [0.15, 0.2) is 0 Å². The van der Waals surface area contributed by atoms with Crippen LogP contribution in [-0.4, -0.2) is 227 Å². The van der Waals surface area contributed by atoms with E-state index in [0.29, 0.717) is 13.0 Å². The van der Waals surface area contributed by atoms with Gasteiger partial charge in [-0.05, 0) is 118 Å². The molecule has 0 saturated carbocycles. The van der Waals surface area contributed by atoms with Crippen molar-refractivity contribution in [3.63, 3.8) is 0 Å². The number of hydrogen-bond acceptors (Lipinski definition) is 14. The lowest BCUT2D eigenvalue weighted by molar-refractivity contribution is -0.157. The number of hydrogen-bond donors (Lipinski definition) is 5. The third-order valence-corrected chi connectivity index (χ3v) is 19.7. The molecule has 2 aliphatic heterocycles. The Hall–Kier alpha value is -7.28. The molecular weight excluding hydrogens is 1270 g/mol. The van der Waals surface area contributed by atoms with Gasteiger partial charge >= 0.3 is 0 Å². The number of nitrogens with zero attached hydrogens (tertiary/aromatic N) is 7. The highest BCUT2D eigenvalue weighted by atomic mass is 32.2. The number of carbonyl (C=O) groups excluding carboxylic acids is 11. The van der Waals surface area contributed by atoms with Crippen molar-refractivity contribution in [3.05, 3.63) is 60.2 Å². The summed E-state index contributed by atoms with van der Waals surface area (Å²) >= 11 is 1.47. The first-order valence-corrected chi connectivity index (χ1v) is 35.9. The van der Waals surface area contributed by atoms with Gasteiger partial charge in [0.2, 0.25) is 65.0 Å². The van der Waals surface area contributed by atoms with Gasteiger partial charge in [0.1, 0.15) is 65.9 Å². The third-order valence-electron chi connectivity index (χ3n) is 18.6. The topological polar surface area (TPSA) is 280 Å². The summed E-state index contributed by atoms with van der Waals surface area (Å²) in [6.45, 7) is 28.7. The number of benzene rings is 2. The molecule has 4 rings (SSSR count). The van der Waals surface area contributed by atoms with Crippen molar-refractivity contribution in [2.75, 3.05) is 61.2 Å². The molecule has 5 N–H and O–H groups in total. The molecular formula is C73H118N12O12S. The minimum atomic E-state index is -1.39. The molecule has 2 saturated heterocycles. The third kappa shape index (κ3) is 22.6. The average Bonchev–Trinajstić information content (AvgIpc) is 1.39. The molecule has 0 aromatic heterocycles. The van der Waals surface area contributed by atoms with Gasteiger partial charge in [-0.3, -0.25) is 52.7 Å². The molecule has 11 amide bonds. The van der Waals surface area contributed by atoms with E-state index in [-0.39, 0.29) is 61.7 Å². The van der Waals surface area contributed by atoms with E-state index in [0.717, 1.165) is 16.1 Å². The van der Waals surface area contributed by atoms with Gasteiger partial charge < -0.3 is 65.6 Å².